The molecular weight excluding hydrogens is 448 g/mol. The van der Waals surface area contributed by atoms with Gasteiger partial charge in [0.15, 0.2) is 11.6 Å². The van der Waals surface area contributed by atoms with Crippen molar-refractivity contribution < 1.29 is 22.4 Å². The molecule has 0 fully saturated rings. The SMILES string of the molecule is O=C(C(Cc1ncc(F)cn1)c1ccc(F)cc1)C(Cc1ncc(F)cn1)c1ccc(F)cc1. The van der Waals surface area contributed by atoms with Crippen LogP contribution in [-0.4, -0.2) is 25.7 Å². The standard InChI is InChI=1S/C25H18F4N4O/c26-17-5-1-15(2-6-17)21(9-23-30-11-19(28)12-31-23)25(34)22(16-3-7-18(27)8-4-16)10-24-32-13-20(29)14-33-24/h1-8,11-14,21-22H,9-10H2. The highest BCUT2D eigenvalue weighted by Gasteiger charge is 2.31. The van der Waals surface area contributed by atoms with Gasteiger partial charge in [-0.25, -0.2) is 37.5 Å². The topological polar surface area (TPSA) is 68.6 Å². The number of hydrogen-bond donors (Lipinski definition) is 0. The zero-order chi connectivity index (χ0) is 24.1. The van der Waals surface area contributed by atoms with E-state index < -0.39 is 35.1 Å². The van der Waals surface area contributed by atoms with Crippen LogP contribution >= 0.6 is 0 Å². The van der Waals surface area contributed by atoms with Gasteiger partial charge >= 0.3 is 0 Å². The van der Waals surface area contributed by atoms with Crippen LogP contribution in [0.4, 0.5) is 17.6 Å². The molecule has 0 radical (unpaired) electrons. The molecule has 0 spiro atoms. The van der Waals surface area contributed by atoms with Crippen molar-refractivity contribution in [3.8, 4) is 0 Å². The van der Waals surface area contributed by atoms with Crippen molar-refractivity contribution in [3.05, 3.63) is 119 Å². The molecule has 0 bridgehead atoms. The summed E-state index contributed by atoms with van der Waals surface area (Å²) in [5.41, 5.74) is 1.01. The number of carbonyl (C=O) groups excluding carboxylic acids is 1. The van der Waals surface area contributed by atoms with E-state index in [2.05, 4.69) is 19.9 Å². The molecule has 34 heavy (non-hydrogen) atoms. The molecule has 0 aliphatic heterocycles. The van der Waals surface area contributed by atoms with Crippen molar-refractivity contribution in [2.75, 3.05) is 0 Å². The van der Waals surface area contributed by atoms with Gasteiger partial charge in [0.2, 0.25) is 0 Å². The molecule has 2 heterocycles. The van der Waals surface area contributed by atoms with Gasteiger partial charge in [0.05, 0.1) is 36.6 Å². The summed E-state index contributed by atoms with van der Waals surface area (Å²) in [6.45, 7) is 0. The Kier molecular flexibility index (Phi) is 7.01. The summed E-state index contributed by atoms with van der Waals surface area (Å²) in [7, 11) is 0. The molecule has 4 aromatic rings. The van der Waals surface area contributed by atoms with Gasteiger partial charge in [-0.05, 0) is 35.4 Å². The van der Waals surface area contributed by atoms with E-state index in [4.69, 9.17) is 0 Å². The lowest BCUT2D eigenvalue weighted by molar-refractivity contribution is -0.122. The third-order valence-corrected chi connectivity index (χ3v) is 5.35. The smallest absolute Gasteiger partial charge is 0.159 e. The molecule has 2 atom stereocenters. The zero-order valence-electron chi connectivity index (χ0n) is 17.7. The molecule has 9 heteroatoms. The average Bonchev–Trinajstić information content (AvgIpc) is 2.84. The van der Waals surface area contributed by atoms with E-state index in [0.29, 0.717) is 11.1 Å². The lowest BCUT2D eigenvalue weighted by Crippen LogP contribution is -2.25. The summed E-state index contributed by atoms with van der Waals surface area (Å²) < 4.78 is 53.7. The zero-order valence-corrected chi connectivity index (χ0v) is 17.7. The first-order valence-electron chi connectivity index (χ1n) is 10.4. The largest absolute Gasteiger partial charge is 0.298 e. The highest BCUT2D eigenvalue weighted by Crippen LogP contribution is 2.31. The second-order valence-corrected chi connectivity index (χ2v) is 7.65. The highest BCUT2D eigenvalue weighted by atomic mass is 19.1. The molecule has 0 saturated heterocycles. The van der Waals surface area contributed by atoms with Gasteiger partial charge in [-0.3, -0.25) is 4.79 Å². The van der Waals surface area contributed by atoms with Gasteiger partial charge in [0.1, 0.15) is 29.1 Å². The molecule has 0 aliphatic rings. The summed E-state index contributed by atoms with van der Waals surface area (Å²) >= 11 is 0. The molecule has 2 aromatic carbocycles. The van der Waals surface area contributed by atoms with Crippen LogP contribution in [0.25, 0.3) is 0 Å². The Morgan fingerprint density at radius 3 is 1.21 bits per heavy atom. The Hall–Kier alpha value is -4.01. The number of Topliss-reactive ketones (excluding diaryl/α,β-unsaturated/α-hetero) is 1. The molecule has 0 saturated carbocycles. The van der Waals surface area contributed by atoms with E-state index in [1.54, 1.807) is 0 Å². The summed E-state index contributed by atoms with van der Waals surface area (Å²) in [5.74, 6) is -3.70. The Labute approximate surface area is 192 Å². The minimum atomic E-state index is -0.832. The fraction of sp³-hybridized carbons (Fsp3) is 0.160. The molecule has 4 rings (SSSR count). The van der Waals surface area contributed by atoms with Crippen LogP contribution in [0.2, 0.25) is 0 Å². The quantitative estimate of drug-likeness (QED) is 0.351. The van der Waals surface area contributed by atoms with E-state index in [9.17, 15) is 22.4 Å². The maximum atomic E-state index is 13.9. The molecule has 0 N–H and O–H groups in total. The monoisotopic (exact) mass is 466 g/mol. The lowest BCUT2D eigenvalue weighted by Gasteiger charge is -2.23. The predicted molar refractivity (Wildman–Crippen MR) is 115 cm³/mol. The van der Waals surface area contributed by atoms with Gasteiger partial charge in [-0.15, -0.1) is 0 Å². The van der Waals surface area contributed by atoms with E-state index in [0.717, 1.165) is 24.8 Å². The van der Waals surface area contributed by atoms with Gasteiger partial charge < -0.3 is 0 Å². The third-order valence-electron chi connectivity index (χ3n) is 5.35. The van der Waals surface area contributed by atoms with Crippen LogP contribution in [0.5, 0.6) is 0 Å². The normalized spacial score (nSPS) is 12.8. The predicted octanol–water partition coefficient (Wildman–Crippen LogP) is 4.74. The number of carbonyl (C=O) groups is 1. The van der Waals surface area contributed by atoms with Gasteiger partial charge in [0.25, 0.3) is 0 Å². The molecule has 0 amide bonds. The van der Waals surface area contributed by atoms with Crippen LogP contribution in [-0.2, 0) is 17.6 Å². The van der Waals surface area contributed by atoms with Crippen molar-refractivity contribution in [1.29, 1.82) is 0 Å². The first-order chi connectivity index (χ1) is 16.4. The summed E-state index contributed by atoms with van der Waals surface area (Å²) in [4.78, 5) is 29.7. The van der Waals surface area contributed by atoms with E-state index in [1.165, 1.54) is 48.5 Å². The lowest BCUT2D eigenvalue weighted by atomic mass is 9.80. The fourth-order valence-electron chi connectivity index (χ4n) is 3.65. The average molecular weight is 466 g/mol. The van der Waals surface area contributed by atoms with Crippen molar-refractivity contribution in [3.63, 3.8) is 0 Å². The second kappa shape index (κ2) is 10.3. The minimum Gasteiger partial charge on any atom is -0.298 e. The molecule has 172 valence electrons. The number of hydrogen-bond acceptors (Lipinski definition) is 5. The highest BCUT2D eigenvalue weighted by molar-refractivity contribution is 5.92. The van der Waals surface area contributed by atoms with Gasteiger partial charge in [-0.2, -0.15) is 0 Å². The molecule has 5 nitrogen and oxygen atoms in total. The summed E-state index contributed by atoms with van der Waals surface area (Å²) in [6.07, 6.45) is 4.03. The van der Waals surface area contributed by atoms with Crippen molar-refractivity contribution in [2.45, 2.75) is 24.7 Å². The van der Waals surface area contributed by atoms with Crippen molar-refractivity contribution >= 4 is 5.78 Å². The second-order valence-electron chi connectivity index (χ2n) is 7.65. The number of benzene rings is 2. The number of aromatic nitrogens is 4. The van der Waals surface area contributed by atoms with Crippen LogP contribution in [0.15, 0.2) is 73.3 Å². The third kappa shape index (κ3) is 5.67. The van der Waals surface area contributed by atoms with Crippen molar-refractivity contribution in [1.82, 2.24) is 19.9 Å². The van der Waals surface area contributed by atoms with E-state index >= 15 is 0 Å². The van der Waals surface area contributed by atoms with Crippen LogP contribution < -0.4 is 0 Å². The first kappa shape index (κ1) is 23.2. The fourth-order valence-corrected chi connectivity index (χ4v) is 3.65. The van der Waals surface area contributed by atoms with Gasteiger partial charge in [-0.1, -0.05) is 24.3 Å². The minimum absolute atomic E-state index is 0.0206. The molecule has 2 unspecified atom stereocenters. The Bertz CT molecular complexity index is 1150. The maximum Gasteiger partial charge on any atom is 0.159 e. The van der Waals surface area contributed by atoms with Gasteiger partial charge in [0, 0.05) is 12.8 Å². The molecular formula is C25H18F4N4O. The van der Waals surface area contributed by atoms with Crippen LogP contribution in [0.3, 0.4) is 0 Å². The number of nitrogens with zero attached hydrogens (tertiary/aromatic N) is 4. The summed E-state index contributed by atoms with van der Waals surface area (Å²) in [5, 5.41) is 0. The number of rotatable bonds is 8. The Morgan fingerprint density at radius 1 is 0.559 bits per heavy atom. The molecule has 0 aliphatic carbocycles. The van der Waals surface area contributed by atoms with E-state index in [1.807, 2.05) is 0 Å². The van der Waals surface area contributed by atoms with Crippen LogP contribution in [0, 0.1) is 23.3 Å². The first-order valence-corrected chi connectivity index (χ1v) is 10.4. The summed E-state index contributed by atoms with van der Waals surface area (Å²) in [6, 6.07) is 10.9. The number of halogens is 4. The Morgan fingerprint density at radius 2 is 0.882 bits per heavy atom. The molecule has 2 aromatic heterocycles. The van der Waals surface area contributed by atoms with Crippen molar-refractivity contribution in [2.24, 2.45) is 0 Å². The Balaban J connectivity index is 1.74. The number of ketones is 1. The maximum absolute atomic E-state index is 13.9. The van der Waals surface area contributed by atoms with Crippen LogP contribution in [0.1, 0.15) is 34.6 Å². The van der Waals surface area contributed by atoms with E-state index in [-0.39, 0.29) is 30.3 Å².